The minimum absolute atomic E-state index is 0.0653. The highest BCUT2D eigenvalue weighted by atomic mass is 16.5. The number of aromatic nitrogens is 2. The molecule has 0 unspecified atom stereocenters. The summed E-state index contributed by atoms with van der Waals surface area (Å²) >= 11 is 0. The maximum absolute atomic E-state index is 13.1. The first kappa shape index (κ1) is 21.4. The number of imide groups is 1. The quantitative estimate of drug-likeness (QED) is 0.664. The van der Waals surface area contributed by atoms with E-state index in [4.69, 9.17) is 4.74 Å². The Morgan fingerprint density at radius 1 is 1.10 bits per heavy atom. The molecule has 0 saturated carbocycles. The molecule has 0 radical (unpaired) electrons. The van der Waals surface area contributed by atoms with Crippen LogP contribution in [-0.2, 0) is 24.8 Å². The summed E-state index contributed by atoms with van der Waals surface area (Å²) in [5, 5.41) is 4.42. The summed E-state index contributed by atoms with van der Waals surface area (Å²) < 4.78 is 7.06. The van der Waals surface area contributed by atoms with Gasteiger partial charge in [-0.1, -0.05) is 12.1 Å². The Hall–Kier alpha value is -2.87. The third-order valence-corrected chi connectivity index (χ3v) is 6.71. The van der Waals surface area contributed by atoms with Crippen LogP contribution in [0.5, 0.6) is 5.75 Å². The summed E-state index contributed by atoms with van der Waals surface area (Å²) in [4.78, 5) is 31.5. The Bertz CT molecular complexity index is 960. The number of nitrogens with zero attached hydrogens (tertiary/aromatic N) is 5. The maximum atomic E-state index is 13.1. The van der Waals surface area contributed by atoms with Crippen molar-refractivity contribution in [3.63, 3.8) is 0 Å². The number of rotatable bonds is 6. The van der Waals surface area contributed by atoms with Gasteiger partial charge in [-0.2, -0.15) is 5.10 Å². The molecule has 2 fully saturated rings. The van der Waals surface area contributed by atoms with Gasteiger partial charge in [-0.25, -0.2) is 4.79 Å². The Balaban J connectivity index is 1.45. The van der Waals surface area contributed by atoms with E-state index in [9.17, 15) is 9.59 Å². The van der Waals surface area contributed by atoms with Crippen molar-refractivity contribution in [2.24, 2.45) is 7.05 Å². The van der Waals surface area contributed by atoms with E-state index in [-0.39, 0.29) is 11.9 Å². The van der Waals surface area contributed by atoms with Crippen LogP contribution >= 0.6 is 0 Å². The molecule has 0 aliphatic carbocycles. The second-order valence-corrected chi connectivity index (χ2v) is 8.62. The zero-order valence-corrected chi connectivity index (χ0v) is 18.8. The second kappa shape index (κ2) is 8.34. The molecule has 1 spiro atoms. The van der Waals surface area contributed by atoms with E-state index in [2.05, 4.69) is 16.2 Å². The number of hydrogen-bond donors (Lipinski definition) is 0. The van der Waals surface area contributed by atoms with Crippen molar-refractivity contribution < 1.29 is 14.3 Å². The van der Waals surface area contributed by atoms with Crippen LogP contribution in [-0.4, -0.2) is 75.7 Å². The largest absolute Gasteiger partial charge is 0.497 e. The molecule has 2 aliphatic heterocycles. The smallest absolute Gasteiger partial charge is 0.327 e. The van der Waals surface area contributed by atoms with Crippen LogP contribution < -0.4 is 4.74 Å². The van der Waals surface area contributed by atoms with Crippen LogP contribution in [0.1, 0.15) is 29.7 Å². The molecule has 4 rings (SSSR count). The standard InChI is InChI=1S/C23H31N5O3/c1-17-19(15-25(2)24-17)16-27-13-10-23(11-14-27)21(29)26(3)22(30)28(23)12-9-18-5-7-20(31-4)8-6-18/h5-8,15H,9-14,16H2,1-4H3. The zero-order chi connectivity index (χ0) is 22.2. The predicted octanol–water partition coefficient (Wildman–Crippen LogP) is 2.21. The molecule has 8 nitrogen and oxygen atoms in total. The normalized spacial score (nSPS) is 19.0. The van der Waals surface area contributed by atoms with Crippen molar-refractivity contribution in [1.82, 2.24) is 24.5 Å². The van der Waals surface area contributed by atoms with E-state index in [1.165, 1.54) is 10.5 Å². The first-order valence-electron chi connectivity index (χ1n) is 10.8. The SMILES string of the molecule is COc1ccc(CCN2C(=O)N(C)C(=O)C23CCN(Cc2cn(C)nc2C)CC3)cc1. The molecule has 2 aliphatic rings. The Kier molecular flexibility index (Phi) is 5.75. The zero-order valence-electron chi connectivity index (χ0n) is 18.8. The number of ether oxygens (including phenoxy) is 1. The molecule has 3 heterocycles. The van der Waals surface area contributed by atoms with Gasteiger partial charge in [0.15, 0.2) is 0 Å². The summed E-state index contributed by atoms with van der Waals surface area (Å²) in [5.41, 5.74) is 2.64. The van der Waals surface area contributed by atoms with Crippen LogP contribution in [0, 0.1) is 6.92 Å². The minimum atomic E-state index is -0.723. The monoisotopic (exact) mass is 425 g/mol. The maximum Gasteiger partial charge on any atom is 0.327 e. The molecule has 2 aromatic rings. The summed E-state index contributed by atoms with van der Waals surface area (Å²) in [6.07, 6.45) is 4.07. The first-order chi connectivity index (χ1) is 14.8. The average Bonchev–Trinajstić information content (AvgIpc) is 3.17. The molecule has 166 valence electrons. The Morgan fingerprint density at radius 2 is 1.77 bits per heavy atom. The number of piperidine rings is 1. The summed E-state index contributed by atoms with van der Waals surface area (Å²) in [7, 11) is 5.18. The number of likely N-dealkylation sites (N-methyl/N-ethyl adjacent to an activating group) is 1. The lowest BCUT2D eigenvalue weighted by Crippen LogP contribution is -2.56. The minimum Gasteiger partial charge on any atom is -0.497 e. The van der Waals surface area contributed by atoms with Gasteiger partial charge in [0.25, 0.3) is 5.91 Å². The number of methoxy groups -OCH3 is 1. The van der Waals surface area contributed by atoms with E-state index < -0.39 is 5.54 Å². The second-order valence-electron chi connectivity index (χ2n) is 8.62. The van der Waals surface area contributed by atoms with Crippen molar-refractivity contribution in [2.75, 3.05) is 33.8 Å². The van der Waals surface area contributed by atoms with Crippen LogP contribution in [0.15, 0.2) is 30.5 Å². The molecule has 8 heteroatoms. The highest BCUT2D eigenvalue weighted by Crippen LogP contribution is 2.37. The van der Waals surface area contributed by atoms with Crippen molar-refractivity contribution in [1.29, 1.82) is 0 Å². The number of hydrogen-bond acceptors (Lipinski definition) is 5. The molecular weight excluding hydrogens is 394 g/mol. The number of likely N-dealkylation sites (tertiary alicyclic amines) is 1. The van der Waals surface area contributed by atoms with Crippen LogP contribution in [0.2, 0.25) is 0 Å². The van der Waals surface area contributed by atoms with Crippen molar-refractivity contribution in [2.45, 2.75) is 38.3 Å². The fourth-order valence-corrected chi connectivity index (χ4v) is 4.83. The molecule has 3 amide bonds. The molecule has 0 atom stereocenters. The fourth-order valence-electron chi connectivity index (χ4n) is 4.83. The fraction of sp³-hybridized carbons (Fsp3) is 0.522. The van der Waals surface area contributed by atoms with Crippen LogP contribution in [0.4, 0.5) is 4.79 Å². The van der Waals surface area contributed by atoms with Gasteiger partial charge < -0.3 is 9.64 Å². The number of benzene rings is 1. The van der Waals surface area contributed by atoms with E-state index in [1.54, 1.807) is 14.2 Å². The number of urea groups is 1. The van der Waals surface area contributed by atoms with Gasteiger partial charge >= 0.3 is 6.03 Å². The van der Waals surface area contributed by atoms with Crippen LogP contribution in [0.25, 0.3) is 0 Å². The number of carbonyl (C=O) groups is 2. The molecule has 2 saturated heterocycles. The first-order valence-corrected chi connectivity index (χ1v) is 10.8. The lowest BCUT2D eigenvalue weighted by Gasteiger charge is -2.42. The summed E-state index contributed by atoms with van der Waals surface area (Å²) in [5.74, 6) is 0.744. The molecular formula is C23H31N5O3. The Labute approximate surface area is 183 Å². The molecule has 0 bridgehead atoms. The lowest BCUT2D eigenvalue weighted by atomic mass is 9.85. The van der Waals surface area contributed by atoms with Crippen LogP contribution in [0.3, 0.4) is 0 Å². The third kappa shape index (κ3) is 3.92. The third-order valence-electron chi connectivity index (χ3n) is 6.71. The molecule has 1 aromatic carbocycles. The van der Waals surface area contributed by atoms with Crippen molar-refractivity contribution >= 4 is 11.9 Å². The van der Waals surface area contributed by atoms with E-state index in [1.807, 2.05) is 47.8 Å². The Morgan fingerprint density at radius 3 is 2.35 bits per heavy atom. The van der Waals surface area contributed by atoms with Gasteiger partial charge in [-0.05, 0) is 43.9 Å². The molecule has 31 heavy (non-hydrogen) atoms. The molecule has 0 N–H and O–H groups in total. The van der Waals surface area contributed by atoms with Gasteiger partial charge in [-0.3, -0.25) is 19.3 Å². The number of amides is 3. The van der Waals surface area contributed by atoms with Crippen molar-refractivity contribution in [3.05, 3.63) is 47.3 Å². The summed E-state index contributed by atoms with van der Waals surface area (Å²) in [6.45, 7) is 4.93. The molecule has 1 aromatic heterocycles. The summed E-state index contributed by atoms with van der Waals surface area (Å²) in [6, 6.07) is 7.68. The number of carbonyl (C=O) groups excluding carboxylic acids is 2. The topological polar surface area (TPSA) is 70.9 Å². The van der Waals surface area contributed by atoms with Gasteiger partial charge in [0.05, 0.1) is 12.8 Å². The number of aryl methyl sites for hydroxylation is 2. The van der Waals surface area contributed by atoms with E-state index in [0.717, 1.165) is 36.6 Å². The highest BCUT2D eigenvalue weighted by molar-refractivity contribution is 6.06. The van der Waals surface area contributed by atoms with E-state index in [0.29, 0.717) is 25.8 Å². The van der Waals surface area contributed by atoms with Gasteiger partial charge in [-0.15, -0.1) is 0 Å². The lowest BCUT2D eigenvalue weighted by molar-refractivity contribution is -0.134. The van der Waals surface area contributed by atoms with Gasteiger partial charge in [0, 0.05) is 52.0 Å². The predicted molar refractivity (Wildman–Crippen MR) is 117 cm³/mol. The highest BCUT2D eigenvalue weighted by Gasteiger charge is 2.56. The average molecular weight is 426 g/mol. The van der Waals surface area contributed by atoms with Crippen molar-refractivity contribution in [3.8, 4) is 5.75 Å². The van der Waals surface area contributed by atoms with Gasteiger partial charge in [0.1, 0.15) is 11.3 Å². The van der Waals surface area contributed by atoms with E-state index >= 15 is 0 Å². The van der Waals surface area contributed by atoms with Gasteiger partial charge in [0.2, 0.25) is 0 Å².